The first-order chi connectivity index (χ1) is 15.8. The van der Waals surface area contributed by atoms with Crippen LogP contribution in [0.25, 0.3) is 11.1 Å². The number of esters is 1. The highest BCUT2D eigenvalue weighted by atomic mass is 32.1. The van der Waals surface area contributed by atoms with E-state index in [1.807, 2.05) is 56.3 Å². The zero-order valence-electron chi connectivity index (χ0n) is 18.9. The molecule has 1 aliphatic rings. The van der Waals surface area contributed by atoms with Crippen molar-refractivity contribution in [2.75, 3.05) is 19.7 Å². The molecular weight excluding hydrogens is 438 g/mol. The fraction of sp³-hybridized carbons (Fsp3) is 0.360. The minimum atomic E-state index is -0.821. The average molecular weight is 468 g/mol. The predicted molar refractivity (Wildman–Crippen MR) is 130 cm³/mol. The first-order valence-electron chi connectivity index (χ1n) is 11.1. The number of amides is 2. The molecule has 0 bridgehead atoms. The van der Waals surface area contributed by atoms with Gasteiger partial charge in [-0.3, -0.25) is 19.7 Å². The van der Waals surface area contributed by atoms with E-state index in [9.17, 15) is 14.4 Å². The van der Waals surface area contributed by atoms with Crippen molar-refractivity contribution in [1.82, 2.24) is 15.5 Å². The Kier molecular flexibility index (Phi) is 8.54. The minimum Gasteiger partial charge on any atom is -0.466 e. The Morgan fingerprint density at radius 2 is 1.79 bits per heavy atom. The molecular formula is C25H29N3O4S. The molecule has 1 atom stereocenters. The van der Waals surface area contributed by atoms with Gasteiger partial charge in [-0.1, -0.05) is 56.3 Å². The molecule has 174 valence electrons. The Labute approximate surface area is 199 Å². The normalized spacial score (nSPS) is 15.7. The molecule has 0 spiro atoms. The lowest BCUT2D eigenvalue weighted by molar-refractivity contribution is -0.147. The van der Waals surface area contributed by atoms with E-state index >= 15 is 0 Å². The molecule has 3 rings (SSSR count). The van der Waals surface area contributed by atoms with Gasteiger partial charge in [-0.2, -0.15) is 0 Å². The van der Waals surface area contributed by atoms with E-state index < -0.39 is 12.0 Å². The van der Waals surface area contributed by atoms with Gasteiger partial charge in [0, 0.05) is 18.7 Å². The third-order valence-corrected chi connectivity index (χ3v) is 5.72. The number of thiocarbonyl (C=S) groups is 1. The van der Waals surface area contributed by atoms with Crippen molar-refractivity contribution in [3.63, 3.8) is 0 Å². The van der Waals surface area contributed by atoms with Crippen LogP contribution < -0.4 is 10.6 Å². The number of nitrogens with zero attached hydrogens (tertiary/aromatic N) is 1. The summed E-state index contributed by atoms with van der Waals surface area (Å²) in [6.45, 7) is 5.16. The maximum Gasteiger partial charge on any atom is 0.308 e. The summed E-state index contributed by atoms with van der Waals surface area (Å²) < 4.78 is 5.25. The van der Waals surface area contributed by atoms with Crippen LogP contribution in [-0.4, -0.2) is 53.5 Å². The fourth-order valence-electron chi connectivity index (χ4n) is 3.47. The van der Waals surface area contributed by atoms with Crippen molar-refractivity contribution in [3.8, 4) is 11.1 Å². The number of hydrogen-bond acceptors (Lipinski definition) is 5. The summed E-state index contributed by atoms with van der Waals surface area (Å²) in [6.07, 6.45) is 0.621. The lowest BCUT2D eigenvalue weighted by Crippen LogP contribution is -2.60. The second-order valence-corrected chi connectivity index (χ2v) is 8.70. The van der Waals surface area contributed by atoms with Crippen molar-refractivity contribution < 1.29 is 19.1 Å². The summed E-state index contributed by atoms with van der Waals surface area (Å²) >= 11 is 5.42. The second kappa shape index (κ2) is 11.6. The SMILES string of the molecule is CC(C)CCOC(=O)CC1C(=O)NCCN1C(=S)NC(=O)c1ccc(-c2ccccc2)cc1. The van der Waals surface area contributed by atoms with Crippen LogP contribution in [0.2, 0.25) is 0 Å². The first-order valence-corrected chi connectivity index (χ1v) is 11.5. The molecule has 8 heteroatoms. The molecule has 2 amide bonds. The van der Waals surface area contributed by atoms with Gasteiger partial charge in [-0.15, -0.1) is 0 Å². The fourth-order valence-corrected chi connectivity index (χ4v) is 3.78. The van der Waals surface area contributed by atoms with E-state index in [0.29, 0.717) is 31.2 Å². The molecule has 1 fully saturated rings. The Balaban J connectivity index is 1.61. The third-order valence-electron chi connectivity index (χ3n) is 5.38. The Morgan fingerprint density at radius 3 is 2.45 bits per heavy atom. The number of carbonyl (C=O) groups excluding carboxylic acids is 3. The van der Waals surface area contributed by atoms with Crippen LogP contribution in [-0.2, 0) is 14.3 Å². The molecule has 0 saturated carbocycles. The molecule has 1 unspecified atom stereocenters. The number of benzene rings is 2. The van der Waals surface area contributed by atoms with Crippen molar-refractivity contribution in [3.05, 3.63) is 60.2 Å². The summed E-state index contributed by atoms with van der Waals surface area (Å²) in [7, 11) is 0. The molecule has 0 aliphatic carbocycles. The van der Waals surface area contributed by atoms with E-state index in [-0.39, 0.29) is 23.3 Å². The standard InChI is InChI=1S/C25H29N3O4S/c1-17(2)12-15-32-22(29)16-21-24(31)26-13-14-28(21)25(33)27-23(30)20-10-8-19(9-11-20)18-6-4-3-5-7-18/h3-11,17,21H,12-16H2,1-2H3,(H,26,31)(H,27,30,33). The molecule has 0 radical (unpaired) electrons. The maximum atomic E-state index is 12.7. The van der Waals surface area contributed by atoms with Crippen LogP contribution in [0.3, 0.4) is 0 Å². The third kappa shape index (κ3) is 6.86. The number of carbonyl (C=O) groups is 3. The summed E-state index contributed by atoms with van der Waals surface area (Å²) in [4.78, 5) is 39.0. The van der Waals surface area contributed by atoms with Crippen molar-refractivity contribution >= 4 is 35.1 Å². The summed E-state index contributed by atoms with van der Waals surface area (Å²) in [5, 5.41) is 5.55. The topological polar surface area (TPSA) is 87.7 Å². The smallest absolute Gasteiger partial charge is 0.308 e. The van der Waals surface area contributed by atoms with E-state index in [1.165, 1.54) is 0 Å². The van der Waals surface area contributed by atoms with Crippen LogP contribution in [0, 0.1) is 5.92 Å². The van der Waals surface area contributed by atoms with E-state index in [1.54, 1.807) is 17.0 Å². The Morgan fingerprint density at radius 1 is 1.12 bits per heavy atom. The van der Waals surface area contributed by atoms with E-state index in [0.717, 1.165) is 17.5 Å². The van der Waals surface area contributed by atoms with Gasteiger partial charge in [0.2, 0.25) is 5.91 Å². The predicted octanol–water partition coefficient (Wildman–Crippen LogP) is 3.15. The first kappa shape index (κ1) is 24.4. The molecule has 0 aromatic heterocycles. The Hall–Kier alpha value is -3.26. The molecule has 1 heterocycles. The Bertz CT molecular complexity index is 992. The highest BCUT2D eigenvalue weighted by molar-refractivity contribution is 7.80. The van der Waals surface area contributed by atoms with Gasteiger partial charge in [0.05, 0.1) is 13.0 Å². The van der Waals surface area contributed by atoms with Gasteiger partial charge in [-0.25, -0.2) is 0 Å². The number of rotatable bonds is 7. The van der Waals surface area contributed by atoms with Crippen LogP contribution in [0.1, 0.15) is 37.0 Å². The zero-order chi connectivity index (χ0) is 23.8. The number of piperazine rings is 1. The molecule has 2 N–H and O–H groups in total. The molecule has 2 aromatic rings. The van der Waals surface area contributed by atoms with Gasteiger partial charge in [0.1, 0.15) is 6.04 Å². The van der Waals surface area contributed by atoms with Crippen LogP contribution in [0.15, 0.2) is 54.6 Å². The van der Waals surface area contributed by atoms with Gasteiger partial charge < -0.3 is 15.0 Å². The highest BCUT2D eigenvalue weighted by Crippen LogP contribution is 2.19. The van der Waals surface area contributed by atoms with E-state index in [2.05, 4.69) is 10.6 Å². The van der Waals surface area contributed by atoms with Crippen molar-refractivity contribution in [2.24, 2.45) is 5.92 Å². The summed E-state index contributed by atoms with van der Waals surface area (Å²) in [6, 6.07) is 16.2. The lowest BCUT2D eigenvalue weighted by atomic mass is 10.0. The van der Waals surface area contributed by atoms with Crippen LogP contribution in [0.5, 0.6) is 0 Å². The number of ether oxygens (including phenoxy) is 1. The van der Waals surface area contributed by atoms with Gasteiger partial charge >= 0.3 is 5.97 Å². The molecule has 33 heavy (non-hydrogen) atoms. The minimum absolute atomic E-state index is 0.113. The number of hydrogen-bond donors (Lipinski definition) is 2. The largest absolute Gasteiger partial charge is 0.466 e. The second-order valence-electron chi connectivity index (χ2n) is 8.31. The van der Waals surface area contributed by atoms with Crippen molar-refractivity contribution in [2.45, 2.75) is 32.7 Å². The van der Waals surface area contributed by atoms with Gasteiger partial charge in [-0.05, 0) is 47.8 Å². The summed E-state index contributed by atoms with van der Waals surface area (Å²) in [5.74, 6) is -0.736. The van der Waals surface area contributed by atoms with Gasteiger partial charge in [0.15, 0.2) is 5.11 Å². The average Bonchev–Trinajstić information content (AvgIpc) is 2.80. The quantitative estimate of drug-likeness (QED) is 0.481. The maximum absolute atomic E-state index is 12.7. The lowest BCUT2D eigenvalue weighted by Gasteiger charge is -2.36. The van der Waals surface area contributed by atoms with E-state index in [4.69, 9.17) is 17.0 Å². The van der Waals surface area contributed by atoms with Crippen molar-refractivity contribution in [1.29, 1.82) is 0 Å². The zero-order valence-corrected chi connectivity index (χ0v) is 19.7. The molecule has 2 aromatic carbocycles. The molecule has 1 saturated heterocycles. The van der Waals surface area contributed by atoms with Crippen LogP contribution >= 0.6 is 12.2 Å². The van der Waals surface area contributed by atoms with Gasteiger partial charge in [0.25, 0.3) is 5.91 Å². The number of nitrogens with one attached hydrogen (secondary N) is 2. The monoisotopic (exact) mass is 467 g/mol. The van der Waals surface area contributed by atoms with Crippen LogP contribution in [0.4, 0.5) is 0 Å². The molecule has 1 aliphatic heterocycles. The highest BCUT2D eigenvalue weighted by Gasteiger charge is 2.34. The summed E-state index contributed by atoms with van der Waals surface area (Å²) in [5.41, 5.74) is 2.50. The molecule has 7 nitrogen and oxygen atoms in total.